The Morgan fingerprint density at radius 3 is 3.00 bits per heavy atom. The van der Waals surface area contributed by atoms with Gasteiger partial charge in [-0.3, -0.25) is 0 Å². The number of nitriles is 1. The third-order valence-corrected chi connectivity index (χ3v) is 2.76. The molecular formula is C12H9N7. The maximum atomic E-state index is 8.91. The molecule has 92 valence electrons. The molecule has 2 heterocycles. The van der Waals surface area contributed by atoms with Crippen LogP contribution in [0, 0.1) is 11.3 Å². The first-order valence-electron chi connectivity index (χ1n) is 5.57. The summed E-state index contributed by atoms with van der Waals surface area (Å²) in [7, 11) is 1.87. The predicted octanol–water partition coefficient (Wildman–Crippen LogP) is 1.16. The first-order chi connectivity index (χ1) is 9.28. The van der Waals surface area contributed by atoms with Gasteiger partial charge >= 0.3 is 0 Å². The van der Waals surface area contributed by atoms with Gasteiger partial charge in [-0.1, -0.05) is 6.07 Å². The molecule has 0 aliphatic rings. The lowest BCUT2D eigenvalue weighted by atomic mass is 10.2. The van der Waals surface area contributed by atoms with Gasteiger partial charge in [-0.05, 0) is 40.8 Å². The molecule has 0 unspecified atom stereocenters. The maximum absolute atomic E-state index is 8.91. The standard InChI is InChI=1S/C12H9N7/c1-18(10-4-2-3-9(7-10)8-13)12-6-5-11-14-16-17-19(11)15-12/h2-7H,1H3. The summed E-state index contributed by atoms with van der Waals surface area (Å²) in [6.45, 7) is 0. The van der Waals surface area contributed by atoms with E-state index in [1.165, 1.54) is 4.63 Å². The Morgan fingerprint density at radius 1 is 1.26 bits per heavy atom. The summed E-state index contributed by atoms with van der Waals surface area (Å²) in [5.74, 6) is 0.690. The summed E-state index contributed by atoms with van der Waals surface area (Å²) in [5, 5.41) is 24.3. The Balaban J connectivity index is 2.02. The lowest BCUT2D eigenvalue weighted by Gasteiger charge is -2.17. The van der Waals surface area contributed by atoms with Crippen LogP contribution in [0.25, 0.3) is 5.65 Å². The van der Waals surface area contributed by atoms with Crippen molar-refractivity contribution in [3.63, 3.8) is 0 Å². The van der Waals surface area contributed by atoms with Gasteiger partial charge < -0.3 is 4.90 Å². The predicted molar refractivity (Wildman–Crippen MR) is 67.8 cm³/mol. The highest BCUT2D eigenvalue weighted by atomic mass is 15.6. The number of rotatable bonds is 2. The van der Waals surface area contributed by atoms with Crippen LogP contribution in [0.2, 0.25) is 0 Å². The van der Waals surface area contributed by atoms with E-state index in [0.717, 1.165) is 5.69 Å². The number of anilines is 2. The summed E-state index contributed by atoms with van der Waals surface area (Å²) in [6, 6.07) is 13.0. The smallest absolute Gasteiger partial charge is 0.200 e. The van der Waals surface area contributed by atoms with Crippen LogP contribution in [0.3, 0.4) is 0 Å². The number of nitrogens with zero attached hydrogens (tertiary/aromatic N) is 7. The number of aromatic nitrogens is 5. The zero-order chi connectivity index (χ0) is 13.2. The van der Waals surface area contributed by atoms with Crippen molar-refractivity contribution in [1.29, 1.82) is 5.26 Å². The van der Waals surface area contributed by atoms with Crippen LogP contribution in [0.4, 0.5) is 11.5 Å². The number of fused-ring (bicyclic) bond motifs is 1. The lowest BCUT2D eigenvalue weighted by molar-refractivity contribution is 0.731. The Hall–Kier alpha value is -3.01. The molecule has 3 rings (SSSR count). The van der Waals surface area contributed by atoms with E-state index in [1.807, 2.05) is 30.1 Å². The fourth-order valence-corrected chi connectivity index (χ4v) is 1.74. The molecule has 3 aromatic rings. The van der Waals surface area contributed by atoms with E-state index in [4.69, 9.17) is 5.26 Å². The van der Waals surface area contributed by atoms with E-state index in [2.05, 4.69) is 26.7 Å². The monoisotopic (exact) mass is 251 g/mol. The highest BCUT2D eigenvalue weighted by molar-refractivity contribution is 5.61. The summed E-state index contributed by atoms with van der Waals surface area (Å²) in [6.07, 6.45) is 0. The van der Waals surface area contributed by atoms with Crippen molar-refractivity contribution in [3.05, 3.63) is 42.0 Å². The SMILES string of the molecule is CN(c1cccc(C#N)c1)c1ccc2nnnn2n1. The van der Waals surface area contributed by atoms with Crippen LogP contribution in [-0.2, 0) is 0 Å². The van der Waals surface area contributed by atoms with Crippen LogP contribution < -0.4 is 4.90 Å². The van der Waals surface area contributed by atoms with Gasteiger partial charge in [-0.15, -0.1) is 14.8 Å². The Morgan fingerprint density at radius 2 is 2.16 bits per heavy atom. The van der Waals surface area contributed by atoms with Gasteiger partial charge in [0.1, 0.15) is 0 Å². The van der Waals surface area contributed by atoms with Gasteiger partial charge in [0.25, 0.3) is 0 Å². The largest absolute Gasteiger partial charge is 0.328 e. The normalized spacial score (nSPS) is 10.3. The van der Waals surface area contributed by atoms with E-state index in [1.54, 1.807) is 18.2 Å². The fourth-order valence-electron chi connectivity index (χ4n) is 1.74. The average molecular weight is 251 g/mol. The first kappa shape index (κ1) is 11.1. The molecule has 7 heteroatoms. The van der Waals surface area contributed by atoms with Crippen molar-refractivity contribution in [2.24, 2.45) is 0 Å². The van der Waals surface area contributed by atoms with E-state index in [9.17, 15) is 0 Å². The van der Waals surface area contributed by atoms with E-state index in [0.29, 0.717) is 17.0 Å². The van der Waals surface area contributed by atoms with Crippen LogP contribution in [-0.4, -0.2) is 32.3 Å². The molecule has 19 heavy (non-hydrogen) atoms. The molecule has 0 amide bonds. The van der Waals surface area contributed by atoms with Gasteiger partial charge in [0.05, 0.1) is 11.6 Å². The maximum Gasteiger partial charge on any atom is 0.200 e. The van der Waals surface area contributed by atoms with E-state index >= 15 is 0 Å². The molecule has 0 fully saturated rings. The molecule has 0 radical (unpaired) electrons. The molecule has 0 N–H and O–H groups in total. The molecule has 0 atom stereocenters. The quantitative estimate of drug-likeness (QED) is 0.679. The molecule has 0 bridgehead atoms. The van der Waals surface area contributed by atoms with Crippen molar-refractivity contribution in [1.82, 2.24) is 25.3 Å². The average Bonchev–Trinajstić information content (AvgIpc) is 2.94. The van der Waals surface area contributed by atoms with Crippen LogP contribution in [0.1, 0.15) is 5.56 Å². The van der Waals surface area contributed by atoms with E-state index < -0.39 is 0 Å². The minimum atomic E-state index is 0.586. The van der Waals surface area contributed by atoms with Gasteiger partial charge in [-0.25, -0.2) is 0 Å². The molecule has 7 nitrogen and oxygen atoms in total. The second-order valence-corrected chi connectivity index (χ2v) is 3.94. The molecular weight excluding hydrogens is 242 g/mol. The third-order valence-electron chi connectivity index (χ3n) is 2.76. The van der Waals surface area contributed by atoms with Gasteiger partial charge in [0, 0.05) is 12.7 Å². The molecule has 0 spiro atoms. The first-order valence-corrected chi connectivity index (χ1v) is 5.57. The Labute approximate surface area is 108 Å². The Bertz CT molecular complexity index is 771. The second kappa shape index (κ2) is 4.34. The van der Waals surface area contributed by atoms with Gasteiger partial charge in [-0.2, -0.15) is 5.26 Å². The van der Waals surface area contributed by atoms with Crippen molar-refractivity contribution in [2.75, 3.05) is 11.9 Å². The number of hydrogen-bond donors (Lipinski definition) is 0. The van der Waals surface area contributed by atoms with Crippen molar-refractivity contribution >= 4 is 17.2 Å². The minimum Gasteiger partial charge on any atom is -0.328 e. The summed E-state index contributed by atoms with van der Waals surface area (Å²) >= 11 is 0. The zero-order valence-electron chi connectivity index (χ0n) is 10.1. The second-order valence-electron chi connectivity index (χ2n) is 3.94. The minimum absolute atomic E-state index is 0.586. The van der Waals surface area contributed by atoms with Crippen molar-refractivity contribution in [2.45, 2.75) is 0 Å². The van der Waals surface area contributed by atoms with Crippen molar-refractivity contribution in [3.8, 4) is 6.07 Å². The number of benzene rings is 1. The number of tetrazole rings is 1. The molecule has 0 aliphatic carbocycles. The molecule has 0 saturated heterocycles. The molecule has 0 saturated carbocycles. The van der Waals surface area contributed by atoms with Gasteiger partial charge in [0.15, 0.2) is 11.5 Å². The zero-order valence-corrected chi connectivity index (χ0v) is 10.1. The fraction of sp³-hybridized carbons (Fsp3) is 0.0833. The Kier molecular flexibility index (Phi) is 2.54. The highest BCUT2D eigenvalue weighted by Crippen LogP contribution is 2.22. The van der Waals surface area contributed by atoms with Crippen LogP contribution in [0.5, 0.6) is 0 Å². The molecule has 1 aromatic carbocycles. The van der Waals surface area contributed by atoms with Crippen molar-refractivity contribution < 1.29 is 0 Å². The lowest BCUT2D eigenvalue weighted by Crippen LogP contribution is -2.13. The summed E-state index contributed by atoms with van der Waals surface area (Å²) < 4.78 is 1.36. The summed E-state index contributed by atoms with van der Waals surface area (Å²) in [4.78, 5) is 1.86. The molecule has 0 aliphatic heterocycles. The van der Waals surface area contributed by atoms with Gasteiger partial charge in [0.2, 0.25) is 0 Å². The molecule has 2 aromatic heterocycles. The topological polar surface area (TPSA) is 83.0 Å². The highest BCUT2D eigenvalue weighted by Gasteiger charge is 2.08. The van der Waals surface area contributed by atoms with Crippen LogP contribution >= 0.6 is 0 Å². The van der Waals surface area contributed by atoms with E-state index in [-0.39, 0.29) is 0 Å². The third kappa shape index (κ3) is 1.95. The van der Waals surface area contributed by atoms with Crippen LogP contribution in [0.15, 0.2) is 36.4 Å². The summed E-state index contributed by atoms with van der Waals surface area (Å²) in [5.41, 5.74) is 2.06. The number of hydrogen-bond acceptors (Lipinski definition) is 6.